The van der Waals surface area contributed by atoms with Crippen molar-refractivity contribution in [2.75, 3.05) is 0 Å². The molecule has 0 heterocycles. The van der Waals surface area contributed by atoms with E-state index in [-0.39, 0.29) is 0 Å². The van der Waals surface area contributed by atoms with Crippen LogP contribution in [0.15, 0.2) is 22.7 Å². The molecule has 0 aliphatic heterocycles. The van der Waals surface area contributed by atoms with Crippen LogP contribution in [0.25, 0.3) is 0 Å². The second-order valence-electron chi connectivity index (χ2n) is 3.94. The molecule has 1 atom stereocenters. The first-order valence-corrected chi connectivity index (χ1v) is 5.86. The zero-order valence-corrected chi connectivity index (χ0v) is 9.60. The summed E-state index contributed by atoms with van der Waals surface area (Å²) in [5, 5.41) is 0. The number of hydrogen-bond acceptors (Lipinski definition) is 0. The fraction of sp³-hybridized carbons (Fsp3) is 0.500. The van der Waals surface area contributed by atoms with Crippen LogP contribution in [0.2, 0.25) is 0 Å². The van der Waals surface area contributed by atoms with Crippen LogP contribution in [0, 0.1) is 5.92 Å². The molecule has 0 fully saturated rings. The minimum atomic E-state index is 0.902. The molecule has 0 saturated carbocycles. The highest BCUT2D eigenvalue weighted by Crippen LogP contribution is 2.34. The molecule has 2 rings (SSSR count). The number of hydrogen-bond donors (Lipinski definition) is 0. The maximum Gasteiger partial charge on any atom is 0.0210 e. The third kappa shape index (κ3) is 1.80. The van der Waals surface area contributed by atoms with Crippen molar-refractivity contribution in [2.45, 2.75) is 32.6 Å². The molecule has 1 aliphatic rings. The van der Waals surface area contributed by atoms with Gasteiger partial charge in [-0.15, -0.1) is 0 Å². The molecule has 1 unspecified atom stereocenters. The monoisotopic (exact) mass is 238 g/mol. The molecule has 1 aromatic carbocycles. The zero-order valence-electron chi connectivity index (χ0n) is 8.02. The number of halogens is 1. The summed E-state index contributed by atoms with van der Waals surface area (Å²) in [7, 11) is 0. The predicted molar refractivity (Wildman–Crippen MR) is 59.9 cm³/mol. The Morgan fingerprint density at radius 1 is 1.38 bits per heavy atom. The molecule has 1 heteroatoms. The van der Waals surface area contributed by atoms with E-state index in [0.29, 0.717) is 0 Å². The second-order valence-corrected chi connectivity index (χ2v) is 4.79. The molecule has 1 aliphatic carbocycles. The van der Waals surface area contributed by atoms with Crippen molar-refractivity contribution >= 4 is 15.9 Å². The first-order chi connectivity index (χ1) is 6.31. The van der Waals surface area contributed by atoms with Crippen LogP contribution in [0.1, 0.15) is 30.9 Å². The van der Waals surface area contributed by atoms with Crippen molar-refractivity contribution in [1.29, 1.82) is 0 Å². The Hall–Kier alpha value is -0.300. The average Bonchev–Trinajstić information content (AvgIpc) is 2.49. The van der Waals surface area contributed by atoms with Crippen molar-refractivity contribution in [1.82, 2.24) is 0 Å². The largest absolute Gasteiger partial charge is 0.0654 e. The van der Waals surface area contributed by atoms with E-state index in [4.69, 9.17) is 0 Å². The Balaban J connectivity index is 2.20. The van der Waals surface area contributed by atoms with Gasteiger partial charge in [-0.3, -0.25) is 0 Å². The van der Waals surface area contributed by atoms with Crippen LogP contribution in [-0.2, 0) is 12.8 Å². The van der Waals surface area contributed by atoms with E-state index in [0.717, 1.165) is 5.92 Å². The average molecular weight is 239 g/mol. The van der Waals surface area contributed by atoms with Crippen LogP contribution < -0.4 is 0 Å². The summed E-state index contributed by atoms with van der Waals surface area (Å²) >= 11 is 3.63. The standard InChI is InChI=1S/C12H15Br/c1-2-4-9-7-10-5-3-6-12(13)11(10)8-9/h3,5-6,9H,2,4,7-8H2,1H3. The van der Waals surface area contributed by atoms with Crippen molar-refractivity contribution in [3.05, 3.63) is 33.8 Å². The van der Waals surface area contributed by atoms with Crippen molar-refractivity contribution in [3.63, 3.8) is 0 Å². The summed E-state index contributed by atoms with van der Waals surface area (Å²) in [6, 6.07) is 6.58. The topological polar surface area (TPSA) is 0 Å². The maximum atomic E-state index is 3.63. The highest BCUT2D eigenvalue weighted by Gasteiger charge is 2.21. The van der Waals surface area contributed by atoms with Gasteiger partial charge in [-0.2, -0.15) is 0 Å². The smallest absolute Gasteiger partial charge is 0.0210 e. The summed E-state index contributed by atoms with van der Waals surface area (Å²) < 4.78 is 1.31. The van der Waals surface area contributed by atoms with Gasteiger partial charge in [0, 0.05) is 4.47 Å². The molecule has 0 bridgehead atoms. The van der Waals surface area contributed by atoms with Crippen LogP contribution in [0.5, 0.6) is 0 Å². The Kier molecular flexibility index (Phi) is 2.73. The van der Waals surface area contributed by atoms with E-state index in [1.165, 1.54) is 30.2 Å². The Morgan fingerprint density at radius 3 is 2.92 bits per heavy atom. The number of fused-ring (bicyclic) bond motifs is 1. The summed E-state index contributed by atoms with van der Waals surface area (Å²) in [5.74, 6) is 0.902. The van der Waals surface area contributed by atoms with E-state index < -0.39 is 0 Å². The third-order valence-corrected chi connectivity index (χ3v) is 3.66. The van der Waals surface area contributed by atoms with Crippen molar-refractivity contribution < 1.29 is 0 Å². The minimum Gasteiger partial charge on any atom is -0.0654 e. The van der Waals surface area contributed by atoms with E-state index in [1.807, 2.05) is 0 Å². The lowest BCUT2D eigenvalue weighted by atomic mass is 10.0. The number of rotatable bonds is 2. The van der Waals surface area contributed by atoms with Gasteiger partial charge in [-0.25, -0.2) is 0 Å². The van der Waals surface area contributed by atoms with Gasteiger partial charge in [0.25, 0.3) is 0 Å². The molecule has 0 aromatic heterocycles. The van der Waals surface area contributed by atoms with Gasteiger partial charge in [0.15, 0.2) is 0 Å². The number of benzene rings is 1. The molecule has 70 valence electrons. The van der Waals surface area contributed by atoms with Crippen molar-refractivity contribution in [3.8, 4) is 0 Å². The van der Waals surface area contributed by atoms with Gasteiger partial charge in [-0.1, -0.05) is 47.8 Å². The van der Waals surface area contributed by atoms with E-state index in [1.54, 1.807) is 11.1 Å². The van der Waals surface area contributed by atoms with E-state index in [2.05, 4.69) is 41.1 Å². The molecule has 0 spiro atoms. The molecular weight excluding hydrogens is 224 g/mol. The van der Waals surface area contributed by atoms with E-state index >= 15 is 0 Å². The highest BCUT2D eigenvalue weighted by molar-refractivity contribution is 9.10. The molecule has 13 heavy (non-hydrogen) atoms. The first kappa shape index (κ1) is 9.26. The van der Waals surface area contributed by atoms with Crippen molar-refractivity contribution in [2.24, 2.45) is 5.92 Å². The fourth-order valence-electron chi connectivity index (χ4n) is 2.31. The lowest BCUT2D eigenvalue weighted by Gasteiger charge is -2.04. The Morgan fingerprint density at radius 2 is 2.23 bits per heavy atom. The first-order valence-electron chi connectivity index (χ1n) is 5.07. The van der Waals surface area contributed by atoms with Crippen LogP contribution >= 0.6 is 15.9 Å². The summed E-state index contributed by atoms with van der Waals surface area (Å²) in [4.78, 5) is 0. The van der Waals surface area contributed by atoms with Crippen LogP contribution in [-0.4, -0.2) is 0 Å². The van der Waals surface area contributed by atoms with Crippen LogP contribution in [0.3, 0.4) is 0 Å². The molecule has 0 saturated heterocycles. The zero-order chi connectivity index (χ0) is 9.26. The summed E-state index contributed by atoms with van der Waals surface area (Å²) in [6.45, 7) is 2.28. The molecule has 0 nitrogen and oxygen atoms in total. The Labute approximate surface area is 88.5 Å². The minimum absolute atomic E-state index is 0.902. The summed E-state index contributed by atoms with van der Waals surface area (Å²) in [5.41, 5.74) is 3.12. The lowest BCUT2D eigenvalue weighted by molar-refractivity contribution is 0.506. The quantitative estimate of drug-likeness (QED) is 0.732. The predicted octanol–water partition coefficient (Wildman–Crippen LogP) is 3.96. The molecule has 0 amide bonds. The molecule has 0 radical (unpaired) electrons. The van der Waals surface area contributed by atoms with Gasteiger partial charge in [0.1, 0.15) is 0 Å². The maximum absolute atomic E-state index is 3.63. The van der Waals surface area contributed by atoms with Gasteiger partial charge >= 0.3 is 0 Å². The lowest BCUT2D eigenvalue weighted by Crippen LogP contribution is -1.97. The van der Waals surface area contributed by atoms with E-state index in [9.17, 15) is 0 Å². The Bertz CT molecular complexity index is 304. The normalized spacial score (nSPS) is 20.3. The van der Waals surface area contributed by atoms with Crippen LogP contribution in [0.4, 0.5) is 0 Å². The molecule has 1 aromatic rings. The molecule has 0 N–H and O–H groups in total. The fourth-order valence-corrected chi connectivity index (χ4v) is 2.88. The summed E-state index contributed by atoms with van der Waals surface area (Å²) in [6.07, 6.45) is 5.27. The highest BCUT2D eigenvalue weighted by atomic mass is 79.9. The third-order valence-electron chi connectivity index (χ3n) is 2.91. The SMILES string of the molecule is CCCC1Cc2cccc(Br)c2C1. The van der Waals surface area contributed by atoms with Gasteiger partial charge < -0.3 is 0 Å². The molecular formula is C12H15Br. The van der Waals surface area contributed by atoms with Gasteiger partial charge in [-0.05, 0) is 36.0 Å². The van der Waals surface area contributed by atoms with Gasteiger partial charge in [0.05, 0.1) is 0 Å². The second kappa shape index (κ2) is 3.83. The van der Waals surface area contributed by atoms with Gasteiger partial charge in [0.2, 0.25) is 0 Å².